The molecule has 1 unspecified atom stereocenters. The maximum atomic E-state index is 15.4. The smallest absolute Gasteiger partial charge is 0.245 e. The minimum absolute atomic E-state index is 0.276. The lowest BCUT2D eigenvalue weighted by molar-refractivity contribution is 0.122. The van der Waals surface area contributed by atoms with Crippen LogP contribution in [0.3, 0.4) is 0 Å². The van der Waals surface area contributed by atoms with Crippen molar-refractivity contribution in [3.63, 3.8) is 0 Å². The molecule has 0 saturated carbocycles. The Morgan fingerprint density at radius 1 is 1.15 bits per heavy atom. The molecule has 1 saturated heterocycles. The van der Waals surface area contributed by atoms with E-state index in [9.17, 15) is 13.5 Å². The molecular weight excluding hydrogens is 565 g/mol. The van der Waals surface area contributed by atoms with Gasteiger partial charge in [0.15, 0.2) is 0 Å². The van der Waals surface area contributed by atoms with Gasteiger partial charge in [-0.15, -0.1) is 16.9 Å². The second kappa shape index (κ2) is 11.8. The summed E-state index contributed by atoms with van der Waals surface area (Å²) in [5.74, 6) is -0.0622. The van der Waals surface area contributed by atoms with Gasteiger partial charge in [0.05, 0.1) is 46.8 Å². The Morgan fingerprint density at radius 3 is 2.56 bits per heavy atom. The van der Waals surface area contributed by atoms with Crippen molar-refractivity contribution in [1.82, 2.24) is 19.5 Å². The zero-order valence-electron chi connectivity index (χ0n) is 23.5. The largest absolute Gasteiger partial charge is 0.392 e. The highest BCUT2D eigenvalue weighted by Gasteiger charge is 2.23. The van der Waals surface area contributed by atoms with Crippen LogP contribution in [0.5, 0.6) is 0 Å². The lowest BCUT2D eigenvalue weighted by Gasteiger charge is -2.37. The van der Waals surface area contributed by atoms with Gasteiger partial charge in [0, 0.05) is 56.3 Å². The number of nitrogens with one attached hydrogen (secondary N) is 1. The van der Waals surface area contributed by atoms with Crippen molar-refractivity contribution in [1.29, 1.82) is 0 Å². The Balaban J connectivity index is 1.43. The van der Waals surface area contributed by atoms with Crippen LogP contribution in [-0.2, 0) is 10.0 Å². The summed E-state index contributed by atoms with van der Waals surface area (Å²) in [6, 6.07) is 14.3. The first-order valence-electron chi connectivity index (χ1n) is 13.2. The quantitative estimate of drug-likeness (QED) is 0.277. The average Bonchev–Trinajstić information content (AvgIpc) is 3.36. The van der Waals surface area contributed by atoms with Crippen molar-refractivity contribution in [2.75, 3.05) is 66.8 Å². The summed E-state index contributed by atoms with van der Waals surface area (Å²) in [5, 5.41) is 17.5. The molecule has 0 aliphatic carbocycles. The number of hydrogen-bond donors (Lipinski definition) is 2. The molecule has 1 fully saturated rings. The highest BCUT2D eigenvalue weighted by Crippen LogP contribution is 2.35. The minimum Gasteiger partial charge on any atom is -0.392 e. The number of benzene rings is 2. The van der Waals surface area contributed by atoms with Crippen LogP contribution in [0.4, 0.5) is 27.4 Å². The Kier molecular flexibility index (Phi) is 8.41. The highest BCUT2D eigenvalue weighted by molar-refractivity contribution is 7.98. The number of sulfonamides is 1. The van der Waals surface area contributed by atoms with Gasteiger partial charge in [-0.1, -0.05) is 18.2 Å². The Labute approximate surface area is 243 Å². The molecule has 4 aromatic rings. The third-order valence-corrected chi connectivity index (χ3v) is 9.14. The standard InChI is InChI=1S/C28H34FN7O3S2/c1-19(37)18-34-11-13-35(14-12-34)26-16-27(40-3)23(15-22(26)29)31-28-30-17-20-9-10-25(36(20)32-28)21-7-5-6-8-24(21)33(2)41(4,38)39/h5-10,15-17,19,37H,11-14,18H2,1-4H3,(H,31,32). The lowest BCUT2D eigenvalue weighted by atomic mass is 10.1. The molecule has 5 rings (SSSR count). The fraction of sp³-hybridized carbons (Fsp3) is 0.357. The molecule has 0 amide bonds. The van der Waals surface area contributed by atoms with Gasteiger partial charge in [0.1, 0.15) is 5.82 Å². The molecule has 1 aliphatic heterocycles. The molecule has 2 aromatic carbocycles. The van der Waals surface area contributed by atoms with Crippen LogP contribution < -0.4 is 14.5 Å². The zero-order valence-corrected chi connectivity index (χ0v) is 25.1. The summed E-state index contributed by atoms with van der Waals surface area (Å²) in [6.07, 6.45) is 4.37. The summed E-state index contributed by atoms with van der Waals surface area (Å²) in [6.45, 7) is 5.26. The van der Waals surface area contributed by atoms with Gasteiger partial charge in [0.2, 0.25) is 16.0 Å². The number of β-amino-alcohol motifs (C(OH)–C–C–N with tert-alkyl or cyclic N) is 1. The summed E-state index contributed by atoms with van der Waals surface area (Å²) in [5.41, 5.74) is 3.74. The summed E-state index contributed by atoms with van der Waals surface area (Å²) in [4.78, 5) is 9.51. The molecular formula is C28H34FN7O3S2. The molecule has 1 aliphatic rings. The Bertz CT molecular complexity index is 1650. The molecule has 10 nitrogen and oxygen atoms in total. The monoisotopic (exact) mass is 599 g/mol. The molecule has 2 N–H and O–H groups in total. The van der Waals surface area contributed by atoms with E-state index in [0.717, 1.165) is 29.8 Å². The number of piperazine rings is 1. The molecule has 1 atom stereocenters. The van der Waals surface area contributed by atoms with Crippen LogP contribution in [-0.4, -0.2) is 91.4 Å². The second-order valence-electron chi connectivity index (χ2n) is 10.2. The fourth-order valence-corrected chi connectivity index (χ4v) is 6.10. The van der Waals surface area contributed by atoms with Crippen molar-refractivity contribution in [2.24, 2.45) is 0 Å². The number of para-hydroxylation sites is 1. The van der Waals surface area contributed by atoms with Crippen molar-refractivity contribution < 1.29 is 17.9 Å². The van der Waals surface area contributed by atoms with E-state index in [2.05, 4.69) is 20.3 Å². The summed E-state index contributed by atoms with van der Waals surface area (Å²) >= 11 is 1.50. The topological polar surface area (TPSA) is 106 Å². The Morgan fingerprint density at radius 2 is 1.88 bits per heavy atom. The third-order valence-electron chi connectivity index (χ3n) is 7.17. The van der Waals surface area contributed by atoms with Gasteiger partial charge >= 0.3 is 0 Å². The normalized spacial score (nSPS) is 15.3. The molecule has 0 spiro atoms. The van der Waals surface area contributed by atoms with Crippen molar-refractivity contribution >= 4 is 50.3 Å². The van der Waals surface area contributed by atoms with Gasteiger partial charge in [-0.2, -0.15) is 0 Å². The molecule has 2 aromatic heterocycles. The number of hydrogen-bond acceptors (Lipinski definition) is 9. The van der Waals surface area contributed by atoms with E-state index < -0.39 is 10.0 Å². The lowest BCUT2D eigenvalue weighted by Crippen LogP contribution is -2.48. The number of halogens is 1. The van der Waals surface area contributed by atoms with Gasteiger partial charge < -0.3 is 15.3 Å². The second-order valence-corrected chi connectivity index (χ2v) is 13.0. The average molecular weight is 600 g/mol. The summed E-state index contributed by atoms with van der Waals surface area (Å²) < 4.78 is 42.9. The van der Waals surface area contributed by atoms with E-state index in [1.165, 1.54) is 29.2 Å². The summed E-state index contributed by atoms with van der Waals surface area (Å²) in [7, 11) is -1.96. The van der Waals surface area contributed by atoms with E-state index in [-0.39, 0.29) is 17.9 Å². The first kappa shape index (κ1) is 29.1. The van der Waals surface area contributed by atoms with E-state index in [4.69, 9.17) is 0 Å². The van der Waals surface area contributed by atoms with Crippen LogP contribution in [0.25, 0.3) is 16.8 Å². The predicted molar refractivity (Wildman–Crippen MR) is 163 cm³/mol. The van der Waals surface area contributed by atoms with Gasteiger partial charge in [-0.25, -0.2) is 22.3 Å². The van der Waals surface area contributed by atoms with E-state index in [1.54, 1.807) is 29.8 Å². The number of rotatable bonds is 9. The number of aromatic nitrogens is 3. The molecule has 3 heterocycles. The minimum atomic E-state index is -3.48. The number of anilines is 4. The van der Waals surface area contributed by atoms with Gasteiger partial charge in [-0.05, 0) is 37.4 Å². The highest BCUT2D eigenvalue weighted by atomic mass is 32.2. The molecule has 41 heavy (non-hydrogen) atoms. The van der Waals surface area contributed by atoms with E-state index >= 15 is 4.39 Å². The van der Waals surface area contributed by atoms with Crippen LogP contribution in [0.2, 0.25) is 0 Å². The first-order chi connectivity index (χ1) is 19.5. The van der Waals surface area contributed by atoms with Crippen LogP contribution in [0.15, 0.2) is 59.6 Å². The molecule has 218 valence electrons. The zero-order chi connectivity index (χ0) is 29.3. The SMILES string of the molecule is CSc1cc(N2CCN(CC(C)O)CC2)c(F)cc1Nc1ncc2ccc(-c3ccccc3N(C)S(C)(=O)=O)n2n1. The van der Waals surface area contributed by atoms with Crippen molar-refractivity contribution in [3.05, 3.63) is 60.5 Å². The van der Waals surface area contributed by atoms with Crippen LogP contribution in [0.1, 0.15) is 6.92 Å². The van der Waals surface area contributed by atoms with Crippen molar-refractivity contribution in [2.45, 2.75) is 17.9 Å². The maximum absolute atomic E-state index is 15.4. The fourth-order valence-electron chi connectivity index (χ4n) is 5.02. The molecule has 0 bridgehead atoms. The predicted octanol–water partition coefficient (Wildman–Crippen LogP) is 3.90. The number of nitrogens with zero attached hydrogens (tertiary/aromatic N) is 6. The number of aliphatic hydroxyl groups excluding tert-OH is 1. The van der Waals surface area contributed by atoms with E-state index in [1.807, 2.05) is 41.5 Å². The third kappa shape index (κ3) is 6.27. The number of thioether (sulfide) groups is 1. The molecule has 0 radical (unpaired) electrons. The van der Waals surface area contributed by atoms with Crippen molar-refractivity contribution in [3.8, 4) is 11.3 Å². The van der Waals surface area contributed by atoms with Crippen LogP contribution in [0, 0.1) is 5.82 Å². The Hall–Kier alpha value is -3.39. The van der Waals surface area contributed by atoms with E-state index in [0.29, 0.717) is 48.0 Å². The number of fused-ring (bicyclic) bond motifs is 1. The number of aliphatic hydroxyl groups is 1. The first-order valence-corrected chi connectivity index (χ1v) is 16.3. The van der Waals surface area contributed by atoms with Crippen LogP contribution >= 0.6 is 11.8 Å². The van der Waals surface area contributed by atoms with Gasteiger partial charge in [-0.3, -0.25) is 9.21 Å². The maximum Gasteiger partial charge on any atom is 0.245 e. The van der Waals surface area contributed by atoms with Gasteiger partial charge in [0.25, 0.3) is 0 Å². The molecule has 13 heteroatoms.